The molecule has 0 aromatic heterocycles. The molecule has 2 rings (SSSR count). The third kappa shape index (κ3) is 8.65. The van der Waals surface area contributed by atoms with E-state index in [4.69, 9.17) is 25.7 Å². The average Bonchev–Trinajstić information content (AvgIpc) is 2.54. The SMILES string of the molecule is CC(C)(C)OC(=O)N1CCOCC1C(N)=O.Cl.NC(=O)C1COCCN1. The van der Waals surface area contributed by atoms with Gasteiger partial charge in [0.05, 0.1) is 26.4 Å². The quantitative estimate of drug-likeness (QED) is 0.541. The van der Waals surface area contributed by atoms with E-state index in [-0.39, 0.29) is 31.0 Å². The van der Waals surface area contributed by atoms with Gasteiger partial charge in [0.2, 0.25) is 11.8 Å². The fourth-order valence-electron chi connectivity index (χ4n) is 2.13. The summed E-state index contributed by atoms with van der Waals surface area (Å²) < 4.78 is 15.3. The van der Waals surface area contributed by atoms with Gasteiger partial charge < -0.3 is 31.0 Å². The molecule has 0 spiro atoms. The number of rotatable bonds is 2. The smallest absolute Gasteiger partial charge is 0.411 e. The van der Waals surface area contributed by atoms with Crippen LogP contribution in [0.5, 0.6) is 0 Å². The molecule has 26 heavy (non-hydrogen) atoms. The first-order valence-electron chi connectivity index (χ1n) is 8.09. The van der Waals surface area contributed by atoms with Crippen LogP contribution in [0.15, 0.2) is 0 Å². The second-order valence-corrected chi connectivity index (χ2v) is 6.65. The maximum Gasteiger partial charge on any atom is 0.411 e. The summed E-state index contributed by atoms with van der Waals surface area (Å²) in [6.07, 6.45) is -0.528. The van der Waals surface area contributed by atoms with E-state index in [1.165, 1.54) is 4.90 Å². The number of nitrogens with two attached hydrogens (primary N) is 2. The number of morpholine rings is 2. The van der Waals surface area contributed by atoms with Crippen LogP contribution in [0.2, 0.25) is 0 Å². The van der Waals surface area contributed by atoms with Crippen molar-refractivity contribution in [3.05, 3.63) is 0 Å². The van der Waals surface area contributed by atoms with Gasteiger partial charge in [-0.1, -0.05) is 0 Å². The van der Waals surface area contributed by atoms with Crippen molar-refractivity contribution in [2.45, 2.75) is 38.5 Å². The second-order valence-electron chi connectivity index (χ2n) is 6.65. The van der Waals surface area contributed by atoms with Gasteiger partial charge in [0.15, 0.2) is 0 Å². The van der Waals surface area contributed by atoms with Gasteiger partial charge in [0.1, 0.15) is 17.7 Å². The zero-order valence-corrected chi connectivity index (χ0v) is 16.2. The molecule has 0 saturated carbocycles. The fourth-order valence-corrected chi connectivity index (χ4v) is 2.13. The zero-order chi connectivity index (χ0) is 19.0. The lowest BCUT2D eigenvalue weighted by molar-refractivity contribution is -0.129. The topological polar surface area (TPSA) is 146 Å². The summed E-state index contributed by atoms with van der Waals surface area (Å²) in [7, 11) is 0. The molecule has 2 aliphatic heterocycles. The molecule has 2 fully saturated rings. The van der Waals surface area contributed by atoms with Crippen molar-refractivity contribution in [1.29, 1.82) is 0 Å². The molecule has 0 bridgehead atoms. The van der Waals surface area contributed by atoms with Crippen LogP contribution in [0.4, 0.5) is 4.79 Å². The number of hydrogen-bond acceptors (Lipinski definition) is 7. The minimum atomic E-state index is -0.733. The lowest BCUT2D eigenvalue weighted by Gasteiger charge is -2.34. The third-order valence-corrected chi connectivity index (χ3v) is 3.35. The summed E-state index contributed by atoms with van der Waals surface area (Å²) in [6, 6.07) is -1.01. The van der Waals surface area contributed by atoms with E-state index < -0.39 is 23.6 Å². The van der Waals surface area contributed by atoms with Crippen molar-refractivity contribution in [2.75, 3.05) is 39.5 Å². The number of nitrogens with one attached hydrogen (secondary N) is 1. The average molecular weight is 397 g/mol. The first-order chi connectivity index (χ1) is 11.6. The lowest BCUT2D eigenvalue weighted by atomic mass is 10.2. The molecular formula is C15H29ClN4O6. The Morgan fingerprint density at radius 3 is 2.12 bits per heavy atom. The highest BCUT2D eigenvalue weighted by Gasteiger charge is 2.34. The number of ether oxygens (including phenoxy) is 3. The van der Waals surface area contributed by atoms with Crippen molar-refractivity contribution in [3.8, 4) is 0 Å². The second kappa shape index (κ2) is 11.2. The minimum Gasteiger partial charge on any atom is -0.444 e. The van der Waals surface area contributed by atoms with Crippen LogP contribution in [0, 0.1) is 0 Å². The van der Waals surface area contributed by atoms with Crippen LogP contribution in [0.3, 0.4) is 0 Å². The molecular weight excluding hydrogens is 368 g/mol. The summed E-state index contributed by atoms with van der Waals surface area (Å²) in [5.74, 6) is -0.916. The van der Waals surface area contributed by atoms with E-state index in [0.717, 1.165) is 0 Å². The van der Waals surface area contributed by atoms with Gasteiger partial charge in [-0.3, -0.25) is 14.5 Å². The molecule has 152 valence electrons. The molecule has 0 aromatic carbocycles. The fraction of sp³-hybridized carbons (Fsp3) is 0.800. The van der Waals surface area contributed by atoms with Crippen molar-refractivity contribution < 1.29 is 28.6 Å². The molecule has 0 aromatic rings. The van der Waals surface area contributed by atoms with E-state index >= 15 is 0 Å². The van der Waals surface area contributed by atoms with Crippen LogP contribution < -0.4 is 16.8 Å². The van der Waals surface area contributed by atoms with Gasteiger partial charge in [-0.05, 0) is 20.8 Å². The number of carbonyl (C=O) groups excluding carboxylic acids is 3. The highest BCUT2D eigenvalue weighted by atomic mass is 35.5. The number of carbonyl (C=O) groups is 3. The Bertz CT molecular complexity index is 479. The molecule has 2 saturated heterocycles. The van der Waals surface area contributed by atoms with Crippen molar-refractivity contribution in [3.63, 3.8) is 0 Å². The van der Waals surface area contributed by atoms with Crippen LogP contribution >= 0.6 is 12.4 Å². The number of nitrogens with zero attached hydrogens (tertiary/aromatic N) is 1. The predicted molar refractivity (Wildman–Crippen MR) is 95.8 cm³/mol. The van der Waals surface area contributed by atoms with Gasteiger partial charge in [0.25, 0.3) is 0 Å². The van der Waals surface area contributed by atoms with E-state index in [9.17, 15) is 14.4 Å². The van der Waals surface area contributed by atoms with Gasteiger partial charge in [-0.25, -0.2) is 4.79 Å². The molecule has 2 aliphatic rings. The molecule has 2 unspecified atom stereocenters. The number of amides is 3. The molecule has 5 N–H and O–H groups in total. The van der Waals surface area contributed by atoms with Crippen LogP contribution in [0.1, 0.15) is 20.8 Å². The lowest BCUT2D eigenvalue weighted by Crippen LogP contribution is -2.55. The maximum absolute atomic E-state index is 11.8. The standard InChI is InChI=1S/C10H18N2O4.C5H10N2O2.ClH/c1-10(2,3)16-9(14)12-4-5-15-6-7(12)8(11)13;6-5(8)4-3-9-2-1-7-4;/h7H,4-6H2,1-3H3,(H2,11,13);4,7H,1-3H2,(H2,6,8);1H. The van der Waals surface area contributed by atoms with Gasteiger partial charge in [0, 0.05) is 13.1 Å². The highest BCUT2D eigenvalue weighted by Crippen LogP contribution is 2.14. The normalized spacial score (nSPS) is 23.0. The zero-order valence-electron chi connectivity index (χ0n) is 15.4. The van der Waals surface area contributed by atoms with E-state index in [0.29, 0.717) is 32.9 Å². The maximum atomic E-state index is 11.8. The van der Waals surface area contributed by atoms with E-state index in [1.807, 2.05) is 0 Å². The Labute approximate surface area is 159 Å². The molecule has 10 nitrogen and oxygen atoms in total. The summed E-state index contributed by atoms with van der Waals surface area (Å²) >= 11 is 0. The highest BCUT2D eigenvalue weighted by molar-refractivity contribution is 5.85. The summed E-state index contributed by atoms with van der Waals surface area (Å²) in [5, 5.41) is 2.92. The number of primary amides is 2. The van der Waals surface area contributed by atoms with Crippen LogP contribution in [-0.2, 0) is 23.8 Å². The largest absolute Gasteiger partial charge is 0.444 e. The van der Waals surface area contributed by atoms with Gasteiger partial charge >= 0.3 is 6.09 Å². The summed E-state index contributed by atoms with van der Waals surface area (Å²) in [6.45, 7) is 7.95. The Hall–Kier alpha value is -1.62. The first-order valence-corrected chi connectivity index (χ1v) is 8.09. The van der Waals surface area contributed by atoms with Crippen LogP contribution in [-0.4, -0.2) is 80.0 Å². The van der Waals surface area contributed by atoms with E-state index in [1.54, 1.807) is 20.8 Å². The molecule has 0 radical (unpaired) electrons. The van der Waals surface area contributed by atoms with Crippen molar-refractivity contribution in [1.82, 2.24) is 10.2 Å². The Morgan fingerprint density at radius 1 is 1.08 bits per heavy atom. The first kappa shape index (κ1) is 24.4. The van der Waals surface area contributed by atoms with E-state index in [2.05, 4.69) is 5.32 Å². The van der Waals surface area contributed by atoms with Crippen molar-refractivity contribution in [2.24, 2.45) is 11.5 Å². The molecule has 3 amide bonds. The molecule has 2 heterocycles. The Morgan fingerprint density at radius 2 is 1.69 bits per heavy atom. The Balaban J connectivity index is 0.000000532. The Kier molecular flexibility index (Phi) is 10.5. The molecule has 0 aliphatic carbocycles. The molecule has 2 atom stereocenters. The van der Waals surface area contributed by atoms with Gasteiger partial charge in [-0.15, -0.1) is 12.4 Å². The summed E-state index contributed by atoms with van der Waals surface area (Å²) in [4.78, 5) is 34.6. The molecule has 11 heteroatoms. The number of hydrogen-bond donors (Lipinski definition) is 3. The third-order valence-electron chi connectivity index (χ3n) is 3.35. The van der Waals surface area contributed by atoms with Gasteiger partial charge in [-0.2, -0.15) is 0 Å². The number of halogens is 1. The summed E-state index contributed by atoms with van der Waals surface area (Å²) in [5.41, 5.74) is 9.59. The predicted octanol–water partition coefficient (Wildman–Crippen LogP) is -1.01. The monoisotopic (exact) mass is 396 g/mol. The van der Waals surface area contributed by atoms with Crippen molar-refractivity contribution >= 4 is 30.3 Å². The minimum absolute atomic E-state index is 0. The van der Waals surface area contributed by atoms with Crippen LogP contribution in [0.25, 0.3) is 0 Å².